The van der Waals surface area contributed by atoms with Crippen molar-refractivity contribution in [2.24, 2.45) is 5.73 Å². The second-order valence-corrected chi connectivity index (χ2v) is 5.12. The molecule has 0 bridgehead atoms. The van der Waals surface area contributed by atoms with E-state index in [0.717, 1.165) is 16.5 Å². The minimum absolute atomic E-state index is 0.257. The Hall–Kier alpha value is -2.26. The number of hydrogen-bond acceptors (Lipinski definition) is 1. The molecule has 1 atom stereocenters. The molecule has 0 saturated heterocycles. The highest BCUT2D eigenvalue weighted by atomic mass is 19.1. The van der Waals surface area contributed by atoms with Crippen LogP contribution in [0.4, 0.5) is 8.78 Å². The van der Waals surface area contributed by atoms with Crippen LogP contribution in [-0.4, -0.2) is 0 Å². The maximum atomic E-state index is 13.8. The fourth-order valence-electron chi connectivity index (χ4n) is 2.64. The molecule has 1 unspecified atom stereocenters. The van der Waals surface area contributed by atoms with Crippen molar-refractivity contribution in [2.45, 2.75) is 12.5 Å². The van der Waals surface area contributed by atoms with E-state index in [9.17, 15) is 8.78 Å². The van der Waals surface area contributed by atoms with Crippen LogP contribution in [0.25, 0.3) is 10.8 Å². The highest BCUT2D eigenvalue weighted by molar-refractivity contribution is 5.86. The van der Waals surface area contributed by atoms with E-state index in [4.69, 9.17) is 5.73 Å². The summed E-state index contributed by atoms with van der Waals surface area (Å²) in [5, 5.41) is 1.37. The van der Waals surface area contributed by atoms with Gasteiger partial charge in [-0.15, -0.1) is 0 Å². The van der Waals surface area contributed by atoms with Crippen molar-refractivity contribution in [3.05, 3.63) is 83.4 Å². The van der Waals surface area contributed by atoms with Crippen molar-refractivity contribution in [1.82, 2.24) is 0 Å². The van der Waals surface area contributed by atoms with Crippen LogP contribution >= 0.6 is 0 Å². The maximum Gasteiger partial charge on any atom is 0.131 e. The lowest BCUT2D eigenvalue weighted by Gasteiger charge is -2.15. The summed E-state index contributed by atoms with van der Waals surface area (Å²) < 4.78 is 27.1. The van der Waals surface area contributed by atoms with Gasteiger partial charge in [0.1, 0.15) is 11.6 Å². The molecule has 0 amide bonds. The van der Waals surface area contributed by atoms with Crippen molar-refractivity contribution >= 4 is 10.8 Å². The first-order valence-corrected chi connectivity index (χ1v) is 6.82. The fraction of sp³-hybridized carbons (Fsp3) is 0.111. The van der Waals surface area contributed by atoms with Crippen molar-refractivity contribution < 1.29 is 8.78 Å². The molecular formula is C18H15F2N. The Kier molecular flexibility index (Phi) is 3.67. The molecule has 1 nitrogen and oxygen atoms in total. The zero-order chi connectivity index (χ0) is 14.8. The summed E-state index contributed by atoms with van der Waals surface area (Å²) in [6.45, 7) is 0. The first-order chi connectivity index (χ1) is 10.1. The molecule has 0 saturated carbocycles. The number of rotatable bonds is 3. The molecule has 106 valence electrons. The van der Waals surface area contributed by atoms with Crippen LogP contribution < -0.4 is 5.73 Å². The van der Waals surface area contributed by atoms with Crippen LogP contribution in [0.2, 0.25) is 0 Å². The SMILES string of the molecule is NC(Cc1cccc(F)c1)c1ccc(F)c2ccccc12. The van der Waals surface area contributed by atoms with Crippen molar-refractivity contribution in [1.29, 1.82) is 0 Å². The molecule has 0 aliphatic carbocycles. The maximum absolute atomic E-state index is 13.8. The highest BCUT2D eigenvalue weighted by Gasteiger charge is 2.13. The van der Waals surface area contributed by atoms with Crippen LogP contribution in [0.3, 0.4) is 0 Å². The average molecular weight is 283 g/mol. The van der Waals surface area contributed by atoms with Gasteiger partial charge in [-0.1, -0.05) is 42.5 Å². The van der Waals surface area contributed by atoms with E-state index >= 15 is 0 Å². The Labute approximate surface area is 122 Å². The van der Waals surface area contributed by atoms with Crippen LogP contribution in [0.15, 0.2) is 60.7 Å². The van der Waals surface area contributed by atoms with E-state index < -0.39 is 0 Å². The summed E-state index contributed by atoms with van der Waals surface area (Å²) >= 11 is 0. The Morgan fingerprint density at radius 2 is 1.62 bits per heavy atom. The van der Waals surface area contributed by atoms with Gasteiger partial charge in [0.25, 0.3) is 0 Å². The Morgan fingerprint density at radius 1 is 0.857 bits per heavy atom. The van der Waals surface area contributed by atoms with Gasteiger partial charge in [-0.05, 0) is 41.1 Å². The van der Waals surface area contributed by atoms with Gasteiger partial charge in [0.05, 0.1) is 0 Å². The molecule has 3 rings (SSSR count). The van der Waals surface area contributed by atoms with Gasteiger partial charge in [-0.3, -0.25) is 0 Å². The molecule has 3 aromatic carbocycles. The molecule has 3 aromatic rings. The van der Waals surface area contributed by atoms with Gasteiger partial charge in [0.2, 0.25) is 0 Å². The monoisotopic (exact) mass is 283 g/mol. The summed E-state index contributed by atoms with van der Waals surface area (Å²) in [6, 6.07) is 16.5. The van der Waals surface area contributed by atoms with E-state index in [1.807, 2.05) is 18.2 Å². The second kappa shape index (κ2) is 5.62. The molecule has 0 aliphatic heterocycles. The third kappa shape index (κ3) is 2.78. The Bertz CT molecular complexity index is 783. The minimum Gasteiger partial charge on any atom is -0.324 e. The molecule has 0 heterocycles. The summed E-state index contributed by atoms with van der Waals surface area (Å²) in [4.78, 5) is 0. The molecule has 0 radical (unpaired) electrons. The predicted octanol–water partition coefficient (Wildman–Crippen LogP) is 4.36. The summed E-state index contributed by atoms with van der Waals surface area (Å²) in [6.07, 6.45) is 0.507. The molecule has 0 fully saturated rings. The average Bonchev–Trinajstić information content (AvgIpc) is 2.48. The first kappa shape index (κ1) is 13.7. The molecule has 2 N–H and O–H groups in total. The molecule has 0 spiro atoms. The van der Waals surface area contributed by atoms with Crippen LogP contribution in [-0.2, 0) is 6.42 Å². The quantitative estimate of drug-likeness (QED) is 0.759. The van der Waals surface area contributed by atoms with Crippen LogP contribution in [0.5, 0.6) is 0 Å². The minimum atomic E-state index is -0.308. The van der Waals surface area contributed by atoms with Crippen molar-refractivity contribution in [3.63, 3.8) is 0 Å². The summed E-state index contributed by atoms with van der Waals surface area (Å²) in [7, 11) is 0. The van der Waals surface area contributed by atoms with E-state index in [1.54, 1.807) is 24.3 Å². The number of hydrogen-bond donors (Lipinski definition) is 1. The lowest BCUT2D eigenvalue weighted by atomic mass is 9.94. The first-order valence-electron chi connectivity index (χ1n) is 6.82. The number of nitrogens with two attached hydrogens (primary N) is 1. The topological polar surface area (TPSA) is 26.0 Å². The number of halogens is 2. The van der Waals surface area contributed by atoms with E-state index in [0.29, 0.717) is 11.8 Å². The van der Waals surface area contributed by atoms with Gasteiger partial charge < -0.3 is 5.73 Å². The lowest BCUT2D eigenvalue weighted by molar-refractivity contribution is 0.622. The van der Waals surface area contributed by atoms with E-state index in [2.05, 4.69) is 0 Å². The van der Waals surface area contributed by atoms with Gasteiger partial charge in [-0.2, -0.15) is 0 Å². The third-order valence-electron chi connectivity index (χ3n) is 3.65. The fourth-order valence-corrected chi connectivity index (χ4v) is 2.64. The third-order valence-corrected chi connectivity index (χ3v) is 3.65. The summed E-state index contributed by atoms with van der Waals surface area (Å²) in [5.41, 5.74) is 7.95. The van der Waals surface area contributed by atoms with Crippen molar-refractivity contribution in [3.8, 4) is 0 Å². The molecular weight excluding hydrogens is 268 g/mol. The summed E-state index contributed by atoms with van der Waals surface area (Å²) in [5.74, 6) is -0.532. The highest BCUT2D eigenvalue weighted by Crippen LogP contribution is 2.27. The smallest absolute Gasteiger partial charge is 0.131 e. The Morgan fingerprint density at radius 3 is 2.38 bits per heavy atom. The predicted molar refractivity (Wildman–Crippen MR) is 80.9 cm³/mol. The number of benzene rings is 3. The lowest BCUT2D eigenvalue weighted by Crippen LogP contribution is -2.14. The standard InChI is InChI=1S/C18H15F2N/c19-13-5-3-4-12(10-13)11-18(21)16-8-9-17(20)15-7-2-1-6-14(15)16/h1-10,18H,11,21H2. The van der Waals surface area contributed by atoms with Gasteiger partial charge in [0.15, 0.2) is 0 Å². The molecule has 3 heteroatoms. The van der Waals surface area contributed by atoms with Gasteiger partial charge in [-0.25, -0.2) is 8.78 Å². The van der Waals surface area contributed by atoms with Gasteiger partial charge in [0, 0.05) is 11.4 Å². The van der Waals surface area contributed by atoms with Crippen LogP contribution in [0, 0.1) is 11.6 Å². The Balaban J connectivity index is 1.98. The molecule has 0 aromatic heterocycles. The molecule has 0 aliphatic rings. The van der Waals surface area contributed by atoms with E-state index in [-0.39, 0.29) is 17.7 Å². The normalized spacial score (nSPS) is 12.5. The second-order valence-electron chi connectivity index (χ2n) is 5.12. The zero-order valence-electron chi connectivity index (χ0n) is 11.4. The molecule has 21 heavy (non-hydrogen) atoms. The van der Waals surface area contributed by atoms with Crippen molar-refractivity contribution in [2.75, 3.05) is 0 Å². The van der Waals surface area contributed by atoms with Crippen LogP contribution in [0.1, 0.15) is 17.2 Å². The largest absolute Gasteiger partial charge is 0.324 e. The number of fused-ring (bicyclic) bond motifs is 1. The van der Waals surface area contributed by atoms with E-state index in [1.165, 1.54) is 18.2 Å². The zero-order valence-corrected chi connectivity index (χ0v) is 11.4. The van der Waals surface area contributed by atoms with Gasteiger partial charge >= 0.3 is 0 Å².